The molecule has 0 radical (unpaired) electrons. The Morgan fingerprint density at radius 3 is 2.88 bits per heavy atom. The van der Waals surface area contributed by atoms with Crippen LogP contribution in [0.5, 0.6) is 0 Å². The molecule has 0 fully saturated rings. The predicted octanol–water partition coefficient (Wildman–Crippen LogP) is 0.755. The van der Waals surface area contributed by atoms with E-state index in [4.69, 9.17) is 11.1 Å². The molecule has 1 atom stereocenters. The molecular formula is C10H16N6. The molecule has 0 aromatic rings. The molecule has 0 bridgehead atoms. The Labute approximate surface area is 94.4 Å². The van der Waals surface area contributed by atoms with Crippen molar-refractivity contribution in [2.45, 2.75) is 20.0 Å². The Morgan fingerprint density at radius 2 is 2.25 bits per heavy atom. The fourth-order valence-corrected chi connectivity index (χ4v) is 1.94. The van der Waals surface area contributed by atoms with Crippen LogP contribution in [0, 0.1) is 5.41 Å². The van der Waals surface area contributed by atoms with Crippen LogP contribution in [0.1, 0.15) is 13.8 Å². The molecule has 1 unspecified atom stereocenters. The minimum atomic E-state index is -0.206. The van der Waals surface area contributed by atoms with E-state index in [1.54, 1.807) is 0 Å². The molecule has 2 aliphatic heterocycles. The average molecular weight is 220 g/mol. The minimum absolute atomic E-state index is 0.201. The molecule has 86 valence electrons. The number of rotatable bonds is 3. The second kappa shape index (κ2) is 4.05. The largest absolute Gasteiger partial charge is 0.385 e. The normalized spacial score (nSPS) is 23.7. The van der Waals surface area contributed by atoms with Crippen LogP contribution in [0.15, 0.2) is 33.4 Å². The Balaban J connectivity index is 2.41. The number of hydrogen-bond acceptors (Lipinski definition) is 5. The summed E-state index contributed by atoms with van der Waals surface area (Å²) in [6, 6.07) is 0. The van der Waals surface area contributed by atoms with Gasteiger partial charge in [-0.2, -0.15) is 0 Å². The number of azo groups is 1. The van der Waals surface area contributed by atoms with Crippen LogP contribution in [0.2, 0.25) is 0 Å². The molecule has 0 saturated carbocycles. The topological polar surface area (TPSA) is 89.9 Å². The number of nitrogens with zero attached hydrogens (tertiary/aromatic N) is 3. The second-order valence-electron chi connectivity index (χ2n) is 3.63. The van der Waals surface area contributed by atoms with E-state index in [1.165, 1.54) is 0 Å². The Kier molecular flexibility index (Phi) is 2.74. The molecule has 0 aromatic carbocycles. The molecule has 0 aliphatic carbocycles. The third-order valence-electron chi connectivity index (χ3n) is 2.65. The molecule has 6 nitrogen and oxygen atoms in total. The highest BCUT2D eigenvalue weighted by Gasteiger charge is 2.31. The lowest BCUT2D eigenvalue weighted by molar-refractivity contribution is 0.299. The highest BCUT2D eigenvalue weighted by atomic mass is 15.4. The Bertz CT molecular complexity index is 406. The predicted molar refractivity (Wildman–Crippen MR) is 61.7 cm³/mol. The van der Waals surface area contributed by atoms with Crippen LogP contribution in [-0.4, -0.2) is 30.0 Å². The summed E-state index contributed by atoms with van der Waals surface area (Å²) in [6.45, 7) is 5.55. The molecule has 0 saturated heterocycles. The van der Waals surface area contributed by atoms with E-state index >= 15 is 0 Å². The maximum absolute atomic E-state index is 7.75. The molecular weight excluding hydrogens is 204 g/mol. The summed E-state index contributed by atoms with van der Waals surface area (Å²) in [4.78, 5) is 1.93. The molecule has 0 aromatic heterocycles. The zero-order valence-electron chi connectivity index (χ0n) is 9.49. The maximum Gasteiger partial charge on any atom is 0.180 e. The Hall–Kier alpha value is -1.69. The zero-order valence-corrected chi connectivity index (χ0v) is 9.49. The highest BCUT2D eigenvalue weighted by molar-refractivity contribution is 6.02. The van der Waals surface area contributed by atoms with Crippen molar-refractivity contribution in [2.24, 2.45) is 16.0 Å². The highest BCUT2D eigenvalue weighted by Crippen LogP contribution is 2.30. The molecule has 2 heterocycles. The van der Waals surface area contributed by atoms with Gasteiger partial charge in [0.1, 0.15) is 0 Å². The second-order valence-corrected chi connectivity index (χ2v) is 3.63. The number of amidine groups is 1. The lowest BCUT2D eigenvalue weighted by Crippen LogP contribution is -2.43. The molecule has 6 heteroatoms. The van der Waals surface area contributed by atoms with Crippen LogP contribution in [0.3, 0.4) is 0 Å². The first-order chi connectivity index (χ1) is 7.69. The van der Waals surface area contributed by atoms with E-state index in [1.807, 2.05) is 24.8 Å². The van der Waals surface area contributed by atoms with Gasteiger partial charge in [0.05, 0.1) is 11.7 Å². The van der Waals surface area contributed by atoms with E-state index in [2.05, 4.69) is 15.5 Å². The molecule has 4 N–H and O–H groups in total. The molecule has 0 spiro atoms. The van der Waals surface area contributed by atoms with Gasteiger partial charge in [-0.1, -0.05) is 0 Å². The van der Waals surface area contributed by atoms with Crippen molar-refractivity contribution in [2.75, 3.05) is 13.1 Å². The molecule has 0 amide bonds. The first kappa shape index (κ1) is 10.8. The quantitative estimate of drug-likeness (QED) is 0.655. The summed E-state index contributed by atoms with van der Waals surface area (Å²) >= 11 is 0. The summed E-state index contributed by atoms with van der Waals surface area (Å²) in [5.74, 6) is 0.908. The van der Waals surface area contributed by atoms with Gasteiger partial charge < -0.3 is 16.0 Å². The third kappa shape index (κ3) is 1.51. The monoisotopic (exact) mass is 220 g/mol. The molecule has 2 aliphatic rings. The molecule has 16 heavy (non-hydrogen) atoms. The van der Waals surface area contributed by atoms with Crippen molar-refractivity contribution in [3.8, 4) is 0 Å². The third-order valence-corrected chi connectivity index (χ3v) is 2.65. The van der Waals surface area contributed by atoms with Crippen LogP contribution in [0.25, 0.3) is 0 Å². The van der Waals surface area contributed by atoms with Crippen LogP contribution >= 0.6 is 0 Å². The van der Waals surface area contributed by atoms with E-state index in [-0.39, 0.29) is 12.0 Å². The van der Waals surface area contributed by atoms with Gasteiger partial charge in [-0.3, -0.25) is 5.41 Å². The van der Waals surface area contributed by atoms with E-state index < -0.39 is 0 Å². The van der Waals surface area contributed by atoms with Gasteiger partial charge in [-0.25, -0.2) is 0 Å². The summed E-state index contributed by atoms with van der Waals surface area (Å²) in [7, 11) is 0. The van der Waals surface area contributed by atoms with Crippen molar-refractivity contribution in [3.05, 3.63) is 23.2 Å². The minimum Gasteiger partial charge on any atom is -0.385 e. The first-order valence-electron chi connectivity index (χ1n) is 5.42. The number of nitrogens with one attached hydrogen (secondary N) is 2. The summed E-state index contributed by atoms with van der Waals surface area (Å²) < 4.78 is 0. The van der Waals surface area contributed by atoms with Crippen LogP contribution in [0.4, 0.5) is 0 Å². The van der Waals surface area contributed by atoms with E-state index in [0.717, 1.165) is 24.4 Å². The number of hydrogen-bond donors (Lipinski definition) is 3. The van der Waals surface area contributed by atoms with Crippen molar-refractivity contribution in [1.29, 1.82) is 5.41 Å². The van der Waals surface area contributed by atoms with Gasteiger partial charge in [0.15, 0.2) is 11.7 Å². The SMILES string of the molecule is CCNC1=CC(N)N(CC)C2=C1C(=N)N=N2. The van der Waals surface area contributed by atoms with Crippen LogP contribution in [-0.2, 0) is 0 Å². The van der Waals surface area contributed by atoms with Crippen molar-refractivity contribution >= 4 is 5.84 Å². The summed E-state index contributed by atoms with van der Waals surface area (Å²) in [5, 5.41) is 18.8. The number of likely N-dealkylation sites (N-methyl/N-ethyl adjacent to an activating group) is 2. The van der Waals surface area contributed by atoms with Gasteiger partial charge in [-0.15, -0.1) is 10.2 Å². The molecule has 2 rings (SSSR count). The summed E-state index contributed by atoms with van der Waals surface area (Å²) in [5.41, 5.74) is 7.64. The van der Waals surface area contributed by atoms with Gasteiger partial charge in [0.2, 0.25) is 0 Å². The van der Waals surface area contributed by atoms with E-state index in [9.17, 15) is 0 Å². The Morgan fingerprint density at radius 1 is 1.50 bits per heavy atom. The first-order valence-corrected chi connectivity index (χ1v) is 5.42. The fourth-order valence-electron chi connectivity index (χ4n) is 1.94. The lowest BCUT2D eigenvalue weighted by atomic mass is 10.1. The number of nitrogens with two attached hydrogens (primary N) is 1. The average Bonchev–Trinajstić information content (AvgIpc) is 2.62. The fraction of sp³-hybridized carbons (Fsp3) is 0.500. The summed E-state index contributed by atoms with van der Waals surface area (Å²) in [6.07, 6.45) is 1.71. The van der Waals surface area contributed by atoms with Crippen molar-refractivity contribution in [1.82, 2.24) is 10.2 Å². The van der Waals surface area contributed by atoms with E-state index in [0.29, 0.717) is 5.82 Å². The van der Waals surface area contributed by atoms with Gasteiger partial charge >= 0.3 is 0 Å². The van der Waals surface area contributed by atoms with Gasteiger partial charge in [-0.05, 0) is 19.9 Å². The zero-order chi connectivity index (χ0) is 11.7. The van der Waals surface area contributed by atoms with Crippen molar-refractivity contribution in [3.63, 3.8) is 0 Å². The standard InChI is InChI=1S/C10H16N6/c1-3-13-6-5-7(11)16(4-2)10-8(6)9(12)14-15-10/h5,7,12-13H,3-4,11H2,1-2H3. The van der Waals surface area contributed by atoms with Gasteiger partial charge in [0.25, 0.3) is 0 Å². The smallest absolute Gasteiger partial charge is 0.180 e. The lowest BCUT2D eigenvalue weighted by Gasteiger charge is -2.32. The maximum atomic E-state index is 7.75. The van der Waals surface area contributed by atoms with Gasteiger partial charge in [0, 0.05) is 18.8 Å². The van der Waals surface area contributed by atoms with Crippen molar-refractivity contribution < 1.29 is 0 Å². The van der Waals surface area contributed by atoms with Crippen LogP contribution < -0.4 is 11.1 Å².